The zero-order valence-corrected chi connectivity index (χ0v) is 8.24. The van der Waals surface area contributed by atoms with E-state index in [4.69, 9.17) is 0 Å². The number of fused-ring (bicyclic) bond motifs is 1. The number of amides is 1. The van der Waals surface area contributed by atoms with Gasteiger partial charge in [0.05, 0.1) is 0 Å². The highest BCUT2D eigenvalue weighted by atomic mass is 16.2. The van der Waals surface area contributed by atoms with E-state index in [9.17, 15) is 4.79 Å². The highest BCUT2D eigenvalue weighted by Gasteiger charge is 2.23. The van der Waals surface area contributed by atoms with Crippen LogP contribution in [0.3, 0.4) is 0 Å². The van der Waals surface area contributed by atoms with Gasteiger partial charge in [0.1, 0.15) is 0 Å². The molecule has 1 amide bonds. The second-order valence-corrected chi connectivity index (χ2v) is 2.69. The van der Waals surface area contributed by atoms with E-state index in [0.29, 0.717) is 6.54 Å². The van der Waals surface area contributed by atoms with E-state index in [0.717, 1.165) is 11.1 Å². The lowest BCUT2D eigenvalue weighted by atomic mass is 10.2. The summed E-state index contributed by atoms with van der Waals surface area (Å²) in [5.74, 6) is 0.0994. The van der Waals surface area contributed by atoms with E-state index in [1.54, 1.807) is 30.4 Å². The van der Waals surface area contributed by atoms with Gasteiger partial charge < -0.3 is 4.90 Å². The maximum atomic E-state index is 11.3. The number of aromatic nitrogens is 1. The summed E-state index contributed by atoms with van der Waals surface area (Å²) >= 11 is 0. The maximum Gasteiger partial charge on any atom is 0.254 e. The van der Waals surface area contributed by atoms with Gasteiger partial charge in [0.25, 0.3) is 5.91 Å². The molecule has 0 N–H and O–H groups in total. The Labute approximate surface area is 78.4 Å². The number of carbonyl (C=O) groups is 1. The molecule has 0 unspecified atom stereocenters. The van der Waals surface area contributed by atoms with Crippen molar-refractivity contribution in [2.75, 3.05) is 7.05 Å². The lowest BCUT2D eigenvalue weighted by Crippen LogP contribution is -2.17. The summed E-state index contributed by atoms with van der Waals surface area (Å²) in [6.07, 6.45) is 3.40. The molecular formula is C10H14N2O. The summed E-state index contributed by atoms with van der Waals surface area (Å²) in [5.41, 5.74) is 1.82. The summed E-state index contributed by atoms with van der Waals surface area (Å²) < 4.78 is 0. The minimum atomic E-state index is 0.0994. The molecule has 2 rings (SSSR count). The number of hydrogen-bond donors (Lipinski definition) is 0. The summed E-state index contributed by atoms with van der Waals surface area (Å²) in [6, 6.07) is 1.77. The molecule has 1 aromatic heterocycles. The summed E-state index contributed by atoms with van der Waals surface area (Å²) in [6.45, 7) is 4.70. The third-order valence-corrected chi connectivity index (χ3v) is 1.89. The number of hydrogen-bond acceptors (Lipinski definition) is 2. The normalized spacial score (nSPS) is 13.5. The van der Waals surface area contributed by atoms with Crippen molar-refractivity contribution in [1.29, 1.82) is 0 Å². The molecule has 70 valence electrons. The van der Waals surface area contributed by atoms with E-state index >= 15 is 0 Å². The van der Waals surface area contributed by atoms with Crippen LogP contribution in [0.25, 0.3) is 0 Å². The topological polar surface area (TPSA) is 33.2 Å². The van der Waals surface area contributed by atoms with Crippen molar-refractivity contribution in [3.63, 3.8) is 0 Å². The van der Waals surface area contributed by atoms with Crippen molar-refractivity contribution in [1.82, 2.24) is 9.88 Å². The molecule has 0 aliphatic carbocycles. The fourth-order valence-electron chi connectivity index (χ4n) is 1.29. The predicted octanol–water partition coefficient (Wildman–Crippen LogP) is 1.69. The molecule has 13 heavy (non-hydrogen) atoms. The molecule has 2 heterocycles. The molecule has 0 fully saturated rings. The minimum absolute atomic E-state index is 0.0994. The van der Waals surface area contributed by atoms with Gasteiger partial charge in [-0.25, -0.2) is 0 Å². The fourth-order valence-corrected chi connectivity index (χ4v) is 1.29. The Morgan fingerprint density at radius 2 is 2.15 bits per heavy atom. The third kappa shape index (κ3) is 1.69. The maximum absolute atomic E-state index is 11.3. The molecule has 0 radical (unpaired) electrons. The number of pyridine rings is 1. The van der Waals surface area contributed by atoms with E-state index < -0.39 is 0 Å². The van der Waals surface area contributed by atoms with Crippen molar-refractivity contribution in [3.05, 3.63) is 29.6 Å². The predicted molar refractivity (Wildman–Crippen MR) is 51.4 cm³/mol. The van der Waals surface area contributed by atoms with Gasteiger partial charge in [0.2, 0.25) is 0 Å². The van der Waals surface area contributed by atoms with Crippen LogP contribution in [0.5, 0.6) is 0 Å². The van der Waals surface area contributed by atoms with Crippen LogP contribution in [0.2, 0.25) is 0 Å². The molecule has 3 heteroatoms. The number of rotatable bonds is 0. The molecule has 3 nitrogen and oxygen atoms in total. The highest BCUT2D eigenvalue weighted by Crippen LogP contribution is 2.18. The lowest BCUT2D eigenvalue weighted by Gasteiger charge is -2.04. The highest BCUT2D eigenvalue weighted by molar-refractivity contribution is 5.97. The first kappa shape index (κ1) is 9.71. The number of carbonyl (C=O) groups excluding carboxylic acids is 1. The number of nitrogens with zero attached hydrogens (tertiary/aromatic N) is 2. The molecule has 0 saturated heterocycles. The second kappa shape index (κ2) is 4.03. The quantitative estimate of drug-likeness (QED) is 0.605. The first-order valence-electron chi connectivity index (χ1n) is 4.47. The SMILES string of the molecule is CC.CN1Cc2cnccc2C1=O. The van der Waals surface area contributed by atoms with Crippen LogP contribution in [0.4, 0.5) is 0 Å². The average molecular weight is 178 g/mol. The zero-order valence-electron chi connectivity index (χ0n) is 8.24. The van der Waals surface area contributed by atoms with Gasteiger partial charge in [-0.15, -0.1) is 0 Å². The lowest BCUT2D eigenvalue weighted by molar-refractivity contribution is 0.0816. The first-order valence-corrected chi connectivity index (χ1v) is 4.47. The Bertz CT molecular complexity index is 310. The summed E-state index contributed by atoms with van der Waals surface area (Å²) in [4.78, 5) is 16.9. The minimum Gasteiger partial charge on any atom is -0.337 e. The Hall–Kier alpha value is -1.38. The van der Waals surface area contributed by atoms with E-state index in [-0.39, 0.29) is 5.91 Å². The van der Waals surface area contributed by atoms with Gasteiger partial charge in [0, 0.05) is 37.1 Å². The van der Waals surface area contributed by atoms with Gasteiger partial charge in [-0.2, -0.15) is 0 Å². The largest absolute Gasteiger partial charge is 0.337 e. The van der Waals surface area contributed by atoms with Crippen molar-refractivity contribution in [2.24, 2.45) is 0 Å². The molecule has 0 bridgehead atoms. The zero-order chi connectivity index (χ0) is 9.84. The Balaban J connectivity index is 0.000000396. The molecular weight excluding hydrogens is 164 g/mol. The monoisotopic (exact) mass is 178 g/mol. The molecule has 1 aliphatic rings. The van der Waals surface area contributed by atoms with Gasteiger partial charge in [0.15, 0.2) is 0 Å². The fraction of sp³-hybridized carbons (Fsp3) is 0.400. The summed E-state index contributed by atoms with van der Waals surface area (Å²) in [7, 11) is 1.79. The van der Waals surface area contributed by atoms with E-state index in [1.165, 1.54) is 0 Å². The van der Waals surface area contributed by atoms with Gasteiger partial charge in [-0.1, -0.05) is 13.8 Å². The molecule has 0 spiro atoms. The van der Waals surface area contributed by atoms with E-state index in [1.807, 2.05) is 13.8 Å². The van der Waals surface area contributed by atoms with Crippen molar-refractivity contribution in [3.8, 4) is 0 Å². The smallest absolute Gasteiger partial charge is 0.254 e. The van der Waals surface area contributed by atoms with Gasteiger partial charge in [-0.05, 0) is 6.07 Å². The van der Waals surface area contributed by atoms with Crippen molar-refractivity contribution >= 4 is 5.91 Å². The van der Waals surface area contributed by atoms with Crippen LogP contribution in [-0.2, 0) is 6.54 Å². The van der Waals surface area contributed by atoms with Crippen LogP contribution in [0.1, 0.15) is 29.8 Å². The van der Waals surface area contributed by atoms with Crippen LogP contribution < -0.4 is 0 Å². The molecule has 1 aliphatic heterocycles. The Morgan fingerprint density at radius 3 is 2.77 bits per heavy atom. The average Bonchev–Trinajstić information content (AvgIpc) is 2.47. The van der Waals surface area contributed by atoms with Crippen LogP contribution in [-0.4, -0.2) is 22.8 Å². The molecule has 0 aromatic carbocycles. The van der Waals surface area contributed by atoms with Crippen molar-refractivity contribution < 1.29 is 4.79 Å². The van der Waals surface area contributed by atoms with Crippen LogP contribution >= 0.6 is 0 Å². The standard InChI is InChI=1S/C8H8N2O.C2H6/c1-10-5-6-4-9-3-2-7(6)8(10)11;1-2/h2-4H,5H2,1H3;1-2H3. The Morgan fingerprint density at radius 1 is 1.46 bits per heavy atom. The third-order valence-electron chi connectivity index (χ3n) is 1.89. The first-order chi connectivity index (χ1) is 6.29. The van der Waals surface area contributed by atoms with Gasteiger partial charge in [-0.3, -0.25) is 9.78 Å². The molecule has 1 aromatic rings. The molecule has 0 atom stereocenters. The van der Waals surface area contributed by atoms with Crippen LogP contribution in [0, 0.1) is 0 Å². The van der Waals surface area contributed by atoms with E-state index in [2.05, 4.69) is 4.98 Å². The second-order valence-electron chi connectivity index (χ2n) is 2.69. The van der Waals surface area contributed by atoms with Gasteiger partial charge >= 0.3 is 0 Å². The van der Waals surface area contributed by atoms with Crippen molar-refractivity contribution in [2.45, 2.75) is 20.4 Å². The molecule has 0 saturated carbocycles. The van der Waals surface area contributed by atoms with Crippen LogP contribution in [0.15, 0.2) is 18.5 Å². The Kier molecular flexibility index (Phi) is 3.01. The summed E-state index contributed by atoms with van der Waals surface area (Å²) in [5, 5.41) is 0.